The van der Waals surface area contributed by atoms with E-state index in [4.69, 9.17) is 23.8 Å². The van der Waals surface area contributed by atoms with E-state index in [9.17, 15) is 14.7 Å². The van der Waals surface area contributed by atoms with Crippen molar-refractivity contribution in [2.24, 2.45) is 0 Å². The van der Waals surface area contributed by atoms with Crippen molar-refractivity contribution in [3.63, 3.8) is 0 Å². The Labute approximate surface area is 154 Å². The van der Waals surface area contributed by atoms with E-state index in [0.29, 0.717) is 11.3 Å². The topological polar surface area (TPSA) is 69.6 Å². The quantitative estimate of drug-likeness (QED) is 0.482. The van der Waals surface area contributed by atoms with Gasteiger partial charge in [-0.05, 0) is 54.5 Å². The third-order valence-corrected chi connectivity index (χ3v) is 4.33. The lowest BCUT2D eigenvalue weighted by molar-refractivity contribution is -0.122. The number of hydrogen-bond acceptors (Lipinski definition) is 4. The number of aromatic hydroxyl groups is 1. The second-order valence-electron chi connectivity index (χ2n) is 5.46. The van der Waals surface area contributed by atoms with E-state index in [0.717, 1.165) is 5.56 Å². The number of carbonyl (C=O) groups excluding carboxylic acids is 2. The van der Waals surface area contributed by atoms with Crippen LogP contribution in [0.15, 0.2) is 48.0 Å². The molecule has 2 aromatic carbocycles. The number of halogens is 1. The van der Waals surface area contributed by atoms with Gasteiger partial charge in [0.25, 0.3) is 11.8 Å². The van der Waals surface area contributed by atoms with Gasteiger partial charge in [0, 0.05) is 0 Å². The summed E-state index contributed by atoms with van der Waals surface area (Å²) in [6.07, 6.45) is 1.41. The predicted molar refractivity (Wildman–Crippen MR) is 100 cm³/mol. The second kappa shape index (κ2) is 6.66. The molecule has 0 spiro atoms. The monoisotopic (exact) mass is 372 g/mol. The summed E-state index contributed by atoms with van der Waals surface area (Å²) in [4.78, 5) is 26.4. The molecule has 1 saturated heterocycles. The fourth-order valence-corrected chi connectivity index (χ4v) is 2.93. The molecule has 0 aromatic heterocycles. The first-order chi connectivity index (χ1) is 11.9. The smallest absolute Gasteiger partial charge is 0.270 e. The standard InChI is InChI=1S/C18H13ClN2O3S/c1-10-4-2-3-5-14(10)21-17(24)12(16(23)20-18(21)25)8-11-6-7-15(22)13(19)9-11/h2-9,22H,1H3,(H,20,23,25)/b12-8+. The average Bonchev–Trinajstić information content (AvgIpc) is 2.56. The summed E-state index contributed by atoms with van der Waals surface area (Å²) in [7, 11) is 0. The molecule has 2 amide bonds. The molecule has 5 nitrogen and oxygen atoms in total. The normalized spacial score (nSPS) is 16.3. The van der Waals surface area contributed by atoms with Gasteiger partial charge in [0.1, 0.15) is 11.3 Å². The number of benzene rings is 2. The largest absolute Gasteiger partial charge is 0.506 e. The number of hydrogen-bond donors (Lipinski definition) is 2. The van der Waals surface area contributed by atoms with Crippen molar-refractivity contribution in [1.82, 2.24) is 5.32 Å². The van der Waals surface area contributed by atoms with Gasteiger partial charge in [-0.2, -0.15) is 0 Å². The fourth-order valence-electron chi connectivity index (χ4n) is 2.47. The van der Waals surface area contributed by atoms with Gasteiger partial charge in [-0.3, -0.25) is 19.8 Å². The van der Waals surface area contributed by atoms with Gasteiger partial charge in [-0.1, -0.05) is 35.9 Å². The number of carbonyl (C=O) groups is 2. The molecule has 0 saturated carbocycles. The highest BCUT2D eigenvalue weighted by molar-refractivity contribution is 7.80. The fraction of sp³-hybridized carbons (Fsp3) is 0.0556. The van der Waals surface area contributed by atoms with E-state index in [1.807, 2.05) is 19.1 Å². The number of rotatable bonds is 2. The lowest BCUT2D eigenvalue weighted by Gasteiger charge is -2.30. The number of thiocarbonyl (C=S) groups is 1. The van der Waals surface area contributed by atoms with E-state index in [1.54, 1.807) is 18.2 Å². The first kappa shape index (κ1) is 17.1. The van der Waals surface area contributed by atoms with Crippen molar-refractivity contribution in [2.75, 3.05) is 4.90 Å². The zero-order valence-electron chi connectivity index (χ0n) is 13.1. The number of nitrogens with one attached hydrogen (secondary N) is 1. The summed E-state index contributed by atoms with van der Waals surface area (Å²) in [6, 6.07) is 11.7. The molecule has 0 unspecified atom stereocenters. The highest BCUT2D eigenvalue weighted by atomic mass is 35.5. The molecular weight excluding hydrogens is 360 g/mol. The maximum absolute atomic E-state index is 12.9. The van der Waals surface area contributed by atoms with Crippen LogP contribution in [0.5, 0.6) is 5.75 Å². The Hall–Kier alpha value is -2.70. The Morgan fingerprint density at radius 1 is 1.20 bits per heavy atom. The molecule has 1 aliphatic rings. The molecule has 126 valence electrons. The van der Waals surface area contributed by atoms with Gasteiger partial charge in [0.2, 0.25) is 0 Å². The van der Waals surface area contributed by atoms with E-state index < -0.39 is 11.8 Å². The molecule has 1 fully saturated rings. The maximum Gasteiger partial charge on any atom is 0.270 e. The first-order valence-electron chi connectivity index (χ1n) is 7.34. The Morgan fingerprint density at radius 3 is 2.60 bits per heavy atom. The van der Waals surface area contributed by atoms with Crippen LogP contribution in [0.4, 0.5) is 5.69 Å². The van der Waals surface area contributed by atoms with Crippen molar-refractivity contribution < 1.29 is 14.7 Å². The summed E-state index contributed by atoms with van der Waals surface area (Å²) >= 11 is 11.0. The van der Waals surface area contributed by atoms with Crippen molar-refractivity contribution in [3.8, 4) is 5.75 Å². The van der Waals surface area contributed by atoms with Gasteiger partial charge in [0.05, 0.1) is 10.7 Å². The van der Waals surface area contributed by atoms with E-state index >= 15 is 0 Å². The molecule has 7 heteroatoms. The molecule has 25 heavy (non-hydrogen) atoms. The lowest BCUT2D eigenvalue weighted by atomic mass is 10.1. The third kappa shape index (κ3) is 3.26. The minimum Gasteiger partial charge on any atom is -0.506 e. The maximum atomic E-state index is 12.9. The summed E-state index contributed by atoms with van der Waals surface area (Å²) in [6.45, 7) is 1.85. The third-order valence-electron chi connectivity index (χ3n) is 3.74. The first-order valence-corrected chi connectivity index (χ1v) is 8.12. The molecular formula is C18H13ClN2O3S. The van der Waals surface area contributed by atoms with Crippen LogP contribution in [0.3, 0.4) is 0 Å². The van der Waals surface area contributed by atoms with Crippen LogP contribution in [0.25, 0.3) is 6.08 Å². The number of aryl methyl sites for hydroxylation is 1. The van der Waals surface area contributed by atoms with Crippen molar-refractivity contribution in [1.29, 1.82) is 0 Å². The average molecular weight is 373 g/mol. The van der Waals surface area contributed by atoms with Crippen LogP contribution in [0.1, 0.15) is 11.1 Å². The minimum atomic E-state index is -0.580. The van der Waals surface area contributed by atoms with Gasteiger partial charge < -0.3 is 5.11 Å². The van der Waals surface area contributed by atoms with Crippen molar-refractivity contribution in [3.05, 3.63) is 64.2 Å². The van der Waals surface area contributed by atoms with Crippen LogP contribution < -0.4 is 10.2 Å². The summed E-state index contributed by atoms with van der Waals surface area (Å²) < 4.78 is 0. The number of para-hydroxylation sites is 1. The predicted octanol–water partition coefficient (Wildman–Crippen LogP) is 3.19. The van der Waals surface area contributed by atoms with Gasteiger partial charge in [-0.15, -0.1) is 0 Å². The van der Waals surface area contributed by atoms with Crippen LogP contribution >= 0.6 is 23.8 Å². The zero-order valence-corrected chi connectivity index (χ0v) is 14.7. The summed E-state index contributed by atoms with van der Waals surface area (Å²) in [5.41, 5.74) is 1.89. The number of phenolic OH excluding ortho intramolecular Hbond substituents is 1. The number of nitrogens with zero attached hydrogens (tertiary/aromatic N) is 1. The van der Waals surface area contributed by atoms with Crippen molar-refractivity contribution in [2.45, 2.75) is 6.92 Å². The highest BCUT2D eigenvalue weighted by Gasteiger charge is 2.34. The Balaban J connectivity index is 2.05. The van der Waals surface area contributed by atoms with E-state index in [1.165, 1.54) is 23.1 Å². The highest BCUT2D eigenvalue weighted by Crippen LogP contribution is 2.27. The Kier molecular flexibility index (Phi) is 4.57. The van der Waals surface area contributed by atoms with E-state index in [-0.39, 0.29) is 21.5 Å². The number of phenols is 1. The Bertz CT molecular complexity index is 940. The van der Waals surface area contributed by atoms with Crippen LogP contribution in [0.2, 0.25) is 5.02 Å². The lowest BCUT2D eigenvalue weighted by Crippen LogP contribution is -2.54. The molecule has 0 atom stereocenters. The summed E-state index contributed by atoms with van der Waals surface area (Å²) in [5, 5.41) is 12.2. The SMILES string of the molecule is Cc1ccccc1N1C(=O)/C(=C/c2ccc(O)c(Cl)c2)C(=O)NC1=S. The van der Waals surface area contributed by atoms with Crippen LogP contribution in [0, 0.1) is 6.92 Å². The zero-order chi connectivity index (χ0) is 18.1. The molecule has 2 N–H and O–H groups in total. The van der Waals surface area contributed by atoms with Gasteiger partial charge >= 0.3 is 0 Å². The van der Waals surface area contributed by atoms with Crippen LogP contribution in [-0.4, -0.2) is 22.0 Å². The minimum absolute atomic E-state index is 0.0326. The molecule has 0 radical (unpaired) electrons. The molecule has 0 aliphatic carbocycles. The van der Waals surface area contributed by atoms with Crippen molar-refractivity contribution >= 4 is 52.5 Å². The van der Waals surface area contributed by atoms with E-state index in [2.05, 4.69) is 5.32 Å². The number of amides is 2. The van der Waals surface area contributed by atoms with Crippen LogP contribution in [-0.2, 0) is 9.59 Å². The molecule has 0 bridgehead atoms. The summed E-state index contributed by atoms with van der Waals surface area (Å²) in [5.74, 6) is -1.18. The molecule has 1 aliphatic heterocycles. The van der Waals surface area contributed by atoms with Gasteiger partial charge in [-0.25, -0.2) is 0 Å². The van der Waals surface area contributed by atoms with Gasteiger partial charge in [0.15, 0.2) is 5.11 Å². The molecule has 2 aromatic rings. The molecule has 3 rings (SSSR count). The Morgan fingerprint density at radius 2 is 1.92 bits per heavy atom. The number of anilines is 1. The second-order valence-corrected chi connectivity index (χ2v) is 6.25. The molecule has 1 heterocycles.